The Kier molecular flexibility index (Phi) is 5.33. The molecule has 5 heteroatoms. The van der Waals surface area contributed by atoms with Gasteiger partial charge in [-0.2, -0.15) is 0 Å². The highest BCUT2D eigenvalue weighted by molar-refractivity contribution is 6.02. The van der Waals surface area contributed by atoms with Crippen LogP contribution in [0.25, 0.3) is 0 Å². The van der Waals surface area contributed by atoms with Crippen molar-refractivity contribution in [2.24, 2.45) is 0 Å². The zero-order valence-electron chi connectivity index (χ0n) is 14.2. The molecule has 1 N–H and O–H groups in total. The van der Waals surface area contributed by atoms with Gasteiger partial charge in [-0.1, -0.05) is 19.1 Å². The number of nitrogens with one attached hydrogen (secondary N) is 1. The van der Waals surface area contributed by atoms with Crippen molar-refractivity contribution in [1.29, 1.82) is 0 Å². The number of aryl methyl sites for hydroxylation is 1. The van der Waals surface area contributed by atoms with E-state index in [0.717, 1.165) is 44.2 Å². The molecular formula is C19H24N2O3. The van der Waals surface area contributed by atoms with E-state index in [1.165, 1.54) is 5.56 Å². The number of hydrogen-bond acceptors (Lipinski definition) is 4. The number of morpholine rings is 1. The van der Waals surface area contributed by atoms with Gasteiger partial charge in [-0.15, -0.1) is 0 Å². The Morgan fingerprint density at radius 3 is 2.50 bits per heavy atom. The van der Waals surface area contributed by atoms with Crippen LogP contribution in [0.4, 0.5) is 5.69 Å². The molecule has 2 aromatic rings. The third-order valence-corrected chi connectivity index (χ3v) is 4.48. The quantitative estimate of drug-likeness (QED) is 0.913. The zero-order valence-corrected chi connectivity index (χ0v) is 14.2. The maximum atomic E-state index is 12.2. The van der Waals surface area contributed by atoms with Crippen molar-refractivity contribution < 1.29 is 13.9 Å². The number of hydrogen-bond donors (Lipinski definition) is 1. The highest BCUT2D eigenvalue weighted by Gasteiger charge is 2.18. The van der Waals surface area contributed by atoms with Crippen LogP contribution in [0.15, 0.2) is 40.8 Å². The number of nitrogens with zero attached hydrogens (tertiary/aromatic N) is 1. The maximum Gasteiger partial charge on any atom is 0.291 e. The highest BCUT2D eigenvalue weighted by Crippen LogP contribution is 2.23. The molecule has 1 amide bonds. The van der Waals surface area contributed by atoms with Gasteiger partial charge in [0.2, 0.25) is 0 Å². The molecule has 5 nitrogen and oxygen atoms in total. The summed E-state index contributed by atoms with van der Waals surface area (Å²) in [6.07, 6.45) is 0.779. The number of benzene rings is 1. The summed E-state index contributed by atoms with van der Waals surface area (Å²) >= 11 is 0. The molecule has 3 rings (SSSR count). The van der Waals surface area contributed by atoms with Gasteiger partial charge in [-0.3, -0.25) is 9.69 Å². The second-order valence-corrected chi connectivity index (χ2v) is 6.02. The van der Waals surface area contributed by atoms with Crippen LogP contribution in [0, 0.1) is 0 Å². The Labute approximate surface area is 142 Å². The molecule has 24 heavy (non-hydrogen) atoms. The molecule has 0 saturated carbocycles. The zero-order chi connectivity index (χ0) is 16.9. The summed E-state index contributed by atoms with van der Waals surface area (Å²) in [4.78, 5) is 14.6. The van der Waals surface area contributed by atoms with Crippen LogP contribution in [-0.2, 0) is 11.2 Å². The van der Waals surface area contributed by atoms with Crippen LogP contribution in [-0.4, -0.2) is 37.1 Å². The molecule has 1 aliphatic rings. The Morgan fingerprint density at radius 2 is 1.88 bits per heavy atom. The fourth-order valence-corrected chi connectivity index (χ4v) is 2.90. The number of carbonyl (C=O) groups is 1. The van der Waals surface area contributed by atoms with E-state index in [1.807, 2.05) is 25.1 Å². The van der Waals surface area contributed by atoms with Crippen molar-refractivity contribution in [2.75, 3.05) is 31.6 Å². The third kappa shape index (κ3) is 3.86. The summed E-state index contributed by atoms with van der Waals surface area (Å²) < 4.78 is 10.9. The maximum absolute atomic E-state index is 12.2. The van der Waals surface area contributed by atoms with E-state index in [9.17, 15) is 4.79 Å². The van der Waals surface area contributed by atoms with Crippen LogP contribution in [0.5, 0.6) is 0 Å². The number of furan rings is 1. The van der Waals surface area contributed by atoms with Gasteiger partial charge >= 0.3 is 0 Å². The predicted octanol–water partition coefficient (Wildman–Crippen LogP) is 3.49. The van der Waals surface area contributed by atoms with Gasteiger partial charge in [-0.05, 0) is 36.8 Å². The summed E-state index contributed by atoms with van der Waals surface area (Å²) in [6, 6.07) is 11.9. The first-order chi connectivity index (χ1) is 11.7. The minimum Gasteiger partial charge on any atom is -0.456 e. The van der Waals surface area contributed by atoms with Gasteiger partial charge in [0.25, 0.3) is 5.91 Å². The molecule has 0 radical (unpaired) electrons. The van der Waals surface area contributed by atoms with Crippen molar-refractivity contribution in [3.8, 4) is 0 Å². The van der Waals surface area contributed by atoms with Gasteiger partial charge in [0, 0.05) is 31.2 Å². The summed E-state index contributed by atoms with van der Waals surface area (Å²) in [6.45, 7) is 7.70. The van der Waals surface area contributed by atoms with E-state index in [-0.39, 0.29) is 5.91 Å². The molecule has 0 spiro atoms. The minimum atomic E-state index is -0.219. The first-order valence-corrected chi connectivity index (χ1v) is 8.49. The van der Waals surface area contributed by atoms with Crippen LogP contribution >= 0.6 is 0 Å². The normalized spacial score (nSPS) is 16.8. The van der Waals surface area contributed by atoms with Crippen molar-refractivity contribution >= 4 is 11.6 Å². The Hall–Kier alpha value is -2.11. The average molecular weight is 328 g/mol. The predicted molar refractivity (Wildman–Crippen MR) is 93.3 cm³/mol. The number of amides is 1. The van der Waals surface area contributed by atoms with Gasteiger partial charge < -0.3 is 14.5 Å². The Bertz CT molecular complexity index is 672. The number of rotatable bonds is 5. The van der Waals surface area contributed by atoms with Crippen molar-refractivity contribution in [1.82, 2.24) is 4.90 Å². The Morgan fingerprint density at radius 1 is 1.17 bits per heavy atom. The Balaban J connectivity index is 1.62. The number of anilines is 1. The molecule has 0 bridgehead atoms. The molecule has 1 unspecified atom stereocenters. The highest BCUT2D eigenvalue weighted by atomic mass is 16.5. The number of carbonyl (C=O) groups excluding carboxylic acids is 1. The van der Waals surface area contributed by atoms with Gasteiger partial charge in [0.1, 0.15) is 5.76 Å². The molecule has 128 valence electrons. The third-order valence-electron chi connectivity index (χ3n) is 4.48. The molecule has 2 heterocycles. The van der Waals surface area contributed by atoms with E-state index < -0.39 is 0 Å². The second-order valence-electron chi connectivity index (χ2n) is 6.02. The van der Waals surface area contributed by atoms with E-state index in [4.69, 9.17) is 9.15 Å². The van der Waals surface area contributed by atoms with Crippen LogP contribution in [0.1, 0.15) is 41.8 Å². The fraction of sp³-hybridized carbons (Fsp3) is 0.421. The molecular weight excluding hydrogens is 304 g/mol. The fourth-order valence-electron chi connectivity index (χ4n) is 2.90. The monoisotopic (exact) mass is 328 g/mol. The lowest BCUT2D eigenvalue weighted by Crippen LogP contribution is -2.37. The van der Waals surface area contributed by atoms with Gasteiger partial charge in [0.15, 0.2) is 5.76 Å². The minimum absolute atomic E-state index is 0.219. The van der Waals surface area contributed by atoms with Crippen LogP contribution in [0.3, 0.4) is 0 Å². The van der Waals surface area contributed by atoms with E-state index in [2.05, 4.69) is 29.3 Å². The standard InChI is InChI=1S/C19H24N2O3/c1-3-17-8-9-18(24-17)19(22)20-16-6-4-15(5-7-16)14(2)21-10-12-23-13-11-21/h4-9,14H,3,10-13H2,1-2H3,(H,20,22). The molecule has 1 aromatic carbocycles. The van der Waals surface area contributed by atoms with Crippen molar-refractivity contribution in [3.05, 3.63) is 53.5 Å². The van der Waals surface area contributed by atoms with E-state index in [0.29, 0.717) is 11.8 Å². The van der Waals surface area contributed by atoms with Crippen molar-refractivity contribution in [3.63, 3.8) is 0 Å². The van der Waals surface area contributed by atoms with E-state index >= 15 is 0 Å². The summed E-state index contributed by atoms with van der Waals surface area (Å²) in [5.74, 6) is 0.941. The smallest absolute Gasteiger partial charge is 0.291 e. The molecule has 0 aliphatic carbocycles. The topological polar surface area (TPSA) is 54.7 Å². The first-order valence-electron chi connectivity index (χ1n) is 8.49. The molecule has 1 fully saturated rings. The van der Waals surface area contributed by atoms with Crippen LogP contribution in [0.2, 0.25) is 0 Å². The number of ether oxygens (including phenoxy) is 1. The summed E-state index contributed by atoms with van der Waals surface area (Å²) in [5.41, 5.74) is 2.01. The van der Waals surface area contributed by atoms with Crippen LogP contribution < -0.4 is 5.32 Å². The lowest BCUT2D eigenvalue weighted by Gasteiger charge is -2.32. The molecule has 1 aliphatic heterocycles. The SMILES string of the molecule is CCc1ccc(C(=O)Nc2ccc(C(C)N3CCOCC3)cc2)o1. The molecule has 1 aromatic heterocycles. The first kappa shape index (κ1) is 16.7. The second kappa shape index (κ2) is 7.64. The lowest BCUT2D eigenvalue weighted by atomic mass is 10.1. The molecule has 1 saturated heterocycles. The van der Waals surface area contributed by atoms with E-state index in [1.54, 1.807) is 6.07 Å². The van der Waals surface area contributed by atoms with Gasteiger partial charge in [0.05, 0.1) is 13.2 Å². The lowest BCUT2D eigenvalue weighted by molar-refractivity contribution is 0.0198. The molecule has 1 atom stereocenters. The summed E-state index contributed by atoms with van der Waals surface area (Å²) in [7, 11) is 0. The average Bonchev–Trinajstić information content (AvgIpc) is 3.12. The largest absolute Gasteiger partial charge is 0.456 e. The summed E-state index contributed by atoms with van der Waals surface area (Å²) in [5, 5.41) is 2.88. The van der Waals surface area contributed by atoms with Crippen molar-refractivity contribution in [2.45, 2.75) is 26.3 Å². The van der Waals surface area contributed by atoms with Gasteiger partial charge in [-0.25, -0.2) is 0 Å².